The summed E-state index contributed by atoms with van der Waals surface area (Å²) in [5, 5.41) is 2.64. The number of ketones is 1. The Morgan fingerprint density at radius 3 is 2.39 bits per heavy atom. The van der Waals surface area contributed by atoms with E-state index in [9.17, 15) is 14.4 Å². The monoisotopic (exact) mass is 383 g/mol. The third kappa shape index (κ3) is 6.23. The Balaban J connectivity index is 1.91. The minimum absolute atomic E-state index is 0.0994. The number of unbranched alkanes of at least 4 members (excludes halogenated alkanes) is 1. The van der Waals surface area contributed by atoms with Gasteiger partial charge in [-0.3, -0.25) is 9.59 Å². The fraction of sp³-hybridized carbons (Fsp3) is 0.318. The van der Waals surface area contributed by atoms with Crippen molar-refractivity contribution in [2.24, 2.45) is 0 Å². The Morgan fingerprint density at radius 1 is 1.04 bits per heavy atom. The van der Waals surface area contributed by atoms with E-state index in [2.05, 4.69) is 12.2 Å². The molecular formula is C22H25NO5. The summed E-state index contributed by atoms with van der Waals surface area (Å²) in [6.45, 7) is 5.65. The van der Waals surface area contributed by atoms with Gasteiger partial charge in [-0.15, -0.1) is 0 Å². The molecule has 0 aliphatic heterocycles. The first-order valence-corrected chi connectivity index (χ1v) is 9.26. The number of ether oxygens (including phenoxy) is 2. The Bertz CT molecular complexity index is 829. The number of Topliss-reactive ketones (excluding diaryl/α,β-unsaturated/α-hetero) is 1. The van der Waals surface area contributed by atoms with Gasteiger partial charge in [0.05, 0.1) is 12.2 Å². The lowest BCUT2D eigenvalue weighted by atomic mass is 10.1. The van der Waals surface area contributed by atoms with E-state index < -0.39 is 18.0 Å². The van der Waals surface area contributed by atoms with Crippen LogP contribution in [0.3, 0.4) is 0 Å². The van der Waals surface area contributed by atoms with Crippen LogP contribution in [0.4, 0.5) is 5.69 Å². The maximum Gasteiger partial charge on any atom is 0.338 e. The van der Waals surface area contributed by atoms with Gasteiger partial charge < -0.3 is 14.8 Å². The summed E-state index contributed by atoms with van der Waals surface area (Å²) >= 11 is 0. The quantitative estimate of drug-likeness (QED) is 0.398. The average Bonchev–Trinajstić information content (AvgIpc) is 2.68. The fourth-order valence-electron chi connectivity index (χ4n) is 2.36. The van der Waals surface area contributed by atoms with Gasteiger partial charge in [0.15, 0.2) is 11.9 Å². The van der Waals surface area contributed by atoms with Crippen LogP contribution < -0.4 is 10.1 Å². The van der Waals surface area contributed by atoms with Gasteiger partial charge in [-0.05, 0) is 56.7 Å². The molecule has 0 unspecified atom stereocenters. The minimum atomic E-state index is -0.992. The second-order valence-electron chi connectivity index (χ2n) is 6.40. The Kier molecular flexibility index (Phi) is 7.75. The van der Waals surface area contributed by atoms with E-state index in [1.54, 1.807) is 48.5 Å². The number of hydrogen-bond donors (Lipinski definition) is 1. The van der Waals surface area contributed by atoms with E-state index in [-0.39, 0.29) is 5.78 Å². The first-order valence-electron chi connectivity index (χ1n) is 9.26. The molecule has 2 aromatic rings. The van der Waals surface area contributed by atoms with Crippen LogP contribution in [0.5, 0.6) is 5.75 Å². The number of hydrogen-bond acceptors (Lipinski definition) is 5. The zero-order valence-electron chi connectivity index (χ0n) is 16.4. The van der Waals surface area contributed by atoms with Crippen LogP contribution >= 0.6 is 0 Å². The zero-order chi connectivity index (χ0) is 20.5. The number of amides is 1. The number of rotatable bonds is 9. The van der Waals surface area contributed by atoms with Crippen molar-refractivity contribution in [2.75, 3.05) is 11.9 Å². The average molecular weight is 383 g/mol. The van der Waals surface area contributed by atoms with Crippen molar-refractivity contribution in [3.05, 3.63) is 59.7 Å². The standard InChI is InChI=1S/C22H25NO5/c1-4-5-13-27-20-11-9-17(10-12-20)22(26)28-16(3)21(25)23-19-8-6-7-18(14-19)15(2)24/h6-12,14,16H,4-5,13H2,1-3H3,(H,23,25)/t16-/m1/s1. The molecule has 2 aromatic carbocycles. The van der Waals surface area contributed by atoms with E-state index in [1.165, 1.54) is 13.8 Å². The van der Waals surface area contributed by atoms with E-state index in [0.29, 0.717) is 29.2 Å². The van der Waals surface area contributed by atoms with E-state index in [4.69, 9.17) is 9.47 Å². The molecular weight excluding hydrogens is 358 g/mol. The lowest BCUT2D eigenvalue weighted by Crippen LogP contribution is -2.30. The first kappa shape index (κ1) is 21.2. The Hall–Kier alpha value is -3.15. The van der Waals surface area contributed by atoms with Gasteiger partial charge >= 0.3 is 5.97 Å². The zero-order valence-corrected chi connectivity index (χ0v) is 16.4. The highest BCUT2D eigenvalue weighted by Crippen LogP contribution is 2.15. The highest BCUT2D eigenvalue weighted by molar-refractivity contribution is 5.99. The van der Waals surface area contributed by atoms with Crippen molar-refractivity contribution < 1.29 is 23.9 Å². The van der Waals surface area contributed by atoms with Crippen LogP contribution in [-0.2, 0) is 9.53 Å². The first-order chi connectivity index (χ1) is 13.4. The Labute approximate surface area is 164 Å². The molecule has 28 heavy (non-hydrogen) atoms. The van der Waals surface area contributed by atoms with Gasteiger partial charge in [0.2, 0.25) is 0 Å². The summed E-state index contributed by atoms with van der Waals surface area (Å²) in [6, 6.07) is 13.2. The summed E-state index contributed by atoms with van der Waals surface area (Å²) in [5.74, 6) is -0.493. The normalized spacial score (nSPS) is 11.4. The van der Waals surface area contributed by atoms with E-state index in [1.807, 2.05) is 0 Å². The van der Waals surface area contributed by atoms with Crippen molar-refractivity contribution in [3.8, 4) is 5.75 Å². The lowest BCUT2D eigenvalue weighted by Gasteiger charge is -2.14. The molecule has 0 saturated carbocycles. The maximum absolute atomic E-state index is 12.3. The smallest absolute Gasteiger partial charge is 0.338 e. The van der Waals surface area contributed by atoms with Crippen molar-refractivity contribution in [1.29, 1.82) is 0 Å². The van der Waals surface area contributed by atoms with Crippen LogP contribution in [0.1, 0.15) is 54.3 Å². The molecule has 6 heteroatoms. The van der Waals surface area contributed by atoms with Crippen LogP contribution in [0.15, 0.2) is 48.5 Å². The molecule has 0 bridgehead atoms. The molecule has 1 N–H and O–H groups in total. The van der Waals surface area contributed by atoms with Gasteiger partial charge in [-0.25, -0.2) is 4.79 Å². The molecule has 148 valence electrons. The van der Waals surface area contributed by atoms with E-state index >= 15 is 0 Å². The van der Waals surface area contributed by atoms with Crippen LogP contribution in [-0.4, -0.2) is 30.4 Å². The van der Waals surface area contributed by atoms with Gasteiger partial charge in [0, 0.05) is 11.3 Å². The molecule has 0 heterocycles. The SMILES string of the molecule is CCCCOc1ccc(C(=O)O[C@H](C)C(=O)Nc2cccc(C(C)=O)c2)cc1. The number of carbonyl (C=O) groups is 3. The van der Waals surface area contributed by atoms with Crippen LogP contribution in [0.25, 0.3) is 0 Å². The van der Waals surface area contributed by atoms with Crippen molar-refractivity contribution in [2.45, 2.75) is 39.7 Å². The molecule has 1 amide bonds. The van der Waals surface area contributed by atoms with Gasteiger partial charge in [0.25, 0.3) is 5.91 Å². The molecule has 0 spiro atoms. The summed E-state index contributed by atoms with van der Waals surface area (Å²) in [6.07, 6.45) is 1.02. The summed E-state index contributed by atoms with van der Waals surface area (Å²) in [5.41, 5.74) is 1.29. The molecule has 6 nitrogen and oxygen atoms in total. The number of nitrogens with one attached hydrogen (secondary N) is 1. The summed E-state index contributed by atoms with van der Waals surface area (Å²) < 4.78 is 10.8. The number of esters is 1. The fourth-order valence-corrected chi connectivity index (χ4v) is 2.36. The van der Waals surface area contributed by atoms with E-state index in [0.717, 1.165) is 12.8 Å². The summed E-state index contributed by atoms with van der Waals surface area (Å²) in [7, 11) is 0. The minimum Gasteiger partial charge on any atom is -0.494 e. The summed E-state index contributed by atoms with van der Waals surface area (Å²) in [4.78, 5) is 35.9. The van der Waals surface area contributed by atoms with Crippen molar-refractivity contribution in [1.82, 2.24) is 0 Å². The highest BCUT2D eigenvalue weighted by atomic mass is 16.5. The molecule has 0 aliphatic carbocycles. The molecule has 2 rings (SSSR count). The molecule has 0 radical (unpaired) electrons. The third-order valence-corrected chi connectivity index (χ3v) is 4.05. The van der Waals surface area contributed by atoms with Gasteiger partial charge in [-0.1, -0.05) is 25.5 Å². The predicted molar refractivity (Wildman–Crippen MR) is 107 cm³/mol. The lowest BCUT2D eigenvalue weighted by molar-refractivity contribution is -0.123. The molecule has 0 saturated heterocycles. The number of benzene rings is 2. The Morgan fingerprint density at radius 2 is 1.75 bits per heavy atom. The largest absolute Gasteiger partial charge is 0.494 e. The molecule has 0 aromatic heterocycles. The second kappa shape index (κ2) is 10.3. The predicted octanol–water partition coefficient (Wildman–Crippen LogP) is 4.25. The number of carbonyl (C=O) groups excluding carboxylic acids is 3. The molecule has 0 fully saturated rings. The molecule has 1 atom stereocenters. The highest BCUT2D eigenvalue weighted by Gasteiger charge is 2.19. The van der Waals surface area contributed by atoms with Gasteiger partial charge in [0.1, 0.15) is 5.75 Å². The van der Waals surface area contributed by atoms with Gasteiger partial charge in [-0.2, -0.15) is 0 Å². The van der Waals surface area contributed by atoms with Crippen molar-refractivity contribution >= 4 is 23.3 Å². The third-order valence-electron chi connectivity index (χ3n) is 4.05. The van der Waals surface area contributed by atoms with Crippen LogP contribution in [0.2, 0.25) is 0 Å². The number of anilines is 1. The molecule has 0 aliphatic rings. The van der Waals surface area contributed by atoms with Crippen LogP contribution in [0, 0.1) is 0 Å². The topological polar surface area (TPSA) is 81.7 Å². The maximum atomic E-state index is 12.3. The van der Waals surface area contributed by atoms with Crippen molar-refractivity contribution in [3.63, 3.8) is 0 Å². The second-order valence-corrected chi connectivity index (χ2v) is 6.40.